The van der Waals surface area contributed by atoms with Crippen LogP contribution in [0.1, 0.15) is 20.3 Å². The molecule has 1 unspecified atom stereocenters. The number of nitrogens with one attached hydrogen (secondary N) is 2. The van der Waals surface area contributed by atoms with Crippen molar-refractivity contribution in [3.05, 3.63) is 30.5 Å². The van der Waals surface area contributed by atoms with Gasteiger partial charge in [-0.3, -0.25) is 9.78 Å². The van der Waals surface area contributed by atoms with E-state index in [1.165, 1.54) is 0 Å². The molecule has 3 rings (SSSR count). The second-order valence-corrected chi connectivity index (χ2v) is 5.29. The SMILES string of the molecule is CCC1(C)CNc2c(cnc3ccccc23)NC1=O. The topological polar surface area (TPSA) is 54.0 Å². The molecule has 1 aliphatic rings. The smallest absolute Gasteiger partial charge is 0.232 e. The largest absolute Gasteiger partial charge is 0.382 e. The molecule has 0 saturated heterocycles. The molecule has 0 bridgehead atoms. The number of hydrogen-bond donors (Lipinski definition) is 2. The van der Waals surface area contributed by atoms with Gasteiger partial charge in [-0.2, -0.15) is 0 Å². The number of para-hydroxylation sites is 1. The molecule has 98 valence electrons. The van der Waals surface area contributed by atoms with Crippen LogP contribution in [0.2, 0.25) is 0 Å². The van der Waals surface area contributed by atoms with Gasteiger partial charge in [0.1, 0.15) is 0 Å². The fourth-order valence-corrected chi connectivity index (χ4v) is 2.35. The van der Waals surface area contributed by atoms with Gasteiger partial charge in [0.25, 0.3) is 0 Å². The first-order valence-corrected chi connectivity index (χ1v) is 6.57. The summed E-state index contributed by atoms with van der Waals surface area (Å²) in [6, 6.07) is 7.95. The van der Waals surface area contributed by atoms with Gasteiger partial charge >= 0.3 is 0 Å². The number of amides is 1. The van der Waals surface area contributed by atoms with Crippen LogP contribution in [0.5, 0.6) is 0 Å². The van der Waals surface area contributed by atoms with Crippen molar-refractivity contribution in [1.29, 1.82) is 0 Å². The minimum absolute atomic E-state index is 0.0540. The van der Waals surface area contributed by atoms with E-state index in [1.807, 2.05) is 38.1 Å². The lowest BCUT2D eigenvalue weighted by Gasteiger charge is -2.23. The summed E-state index contributed by atoms with van der Waals surface area (Å²) in [6.07, 6.45) is 2.52. The molecule has 2 aromatic rings. The van der Waals surface area contributed by atoms with E-state index in [0.29, 0.717) is 6.54 Å². The summed E-state index contributed by atoms with van der Waals surface area (Å²) >= 11 is 0. The summed E-state index contributed by atoms with van der Waals surface area (Å²) in [5, 5.41) is 7.45. The van der Waals surface area contributed by atoms with Crippen molar-refractivity contribution in [3.63, 3.8) is 0 Å². The third-order valence-corrected chi connectivity index (χ3v) is 4.01. The molecular formula is C15H17N3O. The van der Waals surface area contributed by atoms with Crippen LogP contribution < -0.4 is 10.6 Å². The van der Waals surface area contributed by atoms with Crippen LogP contribution in [-0.2, 0) is 4.79 Å². The minimum atomic E-state index is -0.389. The van der Waals surface area contributed by atoms with Crippen molar-refractivity contribution in [2.75, 3.05) is 17.2 Å². The second-order valence-electron chi connectivity index (χ2n) is 5.29. The summed E-state index contributed by atoms with van der Waals surface area (Å²) in [4.78, 5) is 16.7. The zero-order valence-corrected chi connectivity index (χ0v) is 11.2. The van der Waals surface area contributed by atoms with Gasteiger partial charge in [-0.15, -0.1) is 0 Å². The number of carbonyl (C=O) groups is 1. The van der Waals surface area contributed by atoms with Crippen LogP contribution in [-0.4, -0.2) is 17.4 Å². The lowest BCUT2D eigenvalue weighted by Crippen LogP contribution is -2.36. The van der Waals surface area contributed by atoms with E-state index in [2.05, 4.69) is 15.6 Å². The number of nitrogens with zero attached hydrogens (tertiary/aromatic N) is 1. The maximum Gasteiger partial charge on any atom is 0.232 e. The Kier molecular flexibility index (Phi) is 2.66. The third kappa shape index (κ3) is 1.84. The van der Waals surface area contributed by atoms with Gasteiger partial charge < -0.3 is 10.6 Å². The Bertz CT molecular complexity index is 653. The average Bonchev–Trinajstić information content (AvgIpc) is 2.57. The van der Waals surface area contributed by atoms with E-state index in [0.717, 1.165) is 28.7 Å². The highest BCUT2D eigenvalue weighted by Crippen LogP contribution is 2.35. The predicted molar refractivity (Wildman–Crippen MR) is 77.3 cm³/mol. The van der Waals surface area contributed by atoms with E-state index >= 15 is 0 Å². The van der Waals surface area contributed by atoms with Crippen molar-refractivity contribution in [2.45, 2.75) is 20.3 Å². The lowest BCUT2D eigenvalue weighted by molar-refractivity contribution is -0.124. The molecule has 4 nitrogen and oxygen atoms in total. The van der Waals surface area contributed by atoms with E-state index in [4.69, 9.17) is 0 Å². The molecule has 1 aliphatic heterocycles. The predicted octanol–water partition coefficient (Wildman–Crippen LogP) is 3.02. The van der Waals surface area contributed by atoms with Gasteiger partial charge in [0.2, 0.25) is 5.91 Å². The maximum absolute atomic E-state index is 12.3. The molecule has 0 fully saturated rings. The minimum Gasteiger partial charge on any atom is -0.382 e. The lowest BCUT2D eigenvalue weighted by atomic mass is 9.86. The molecule has 2 heterocycles. The molecule has 0 saturated carbocycles. The van der Waals surface area contributed by atoms with E-state index < -0.39 is 0 Å². The number of benzene rings is 1. The zero-order valence-electron chi connectivity index (χ0n) is 11.2. The van der Waals surface area contributed by atoms with E-state index in [1.54, 1.807) is 6.20 Å². The fourth-order valence-electron chi connectivity index (χ4n) is 2.35. The van der Waals surface area contributed by atoms with Crippen LogP contribution in [0.15, 0.2) is 30.5 Å². The van der Waals surface area contributed by atoms with Crippen LogP contribution in [0.3, 0.4) is 0 Å². The Morgan fingerprint density at radius 3 is 2.95 bits per heavy atom. The third-order valence-electron chi connectivity index (χ3n) is 4.01. The van der Waals surface area contributed by atoms with Gasteiger partial charge in [-0.25, -0.2) is 0 Å². The zero-order chi connectivity index (χ0) is 13.5. The first-order valence-electron chi connectivity index (χ1n) is 6.57. The Labute approximate surface area is 112 Å². The maximum atomic E-state index is 12.3. The Morgan fingerprint density at radius 2 is 2.16 bits per heavy atom. The number of fused-ring (bicyclic) bond motifs is 3. The summed E-state index contributed by atoms with van der Waals surface area (Å²) < 4.78 is 0. The number of pyridine rings is 1. The molecule has 1 aromatic heterocycles. The molecule has 1 aromatic carbocycles. The normalized spacial score (nSPS) is 22.3. The Hall–Kier alpha value is -2.10. The molecule has 19 heavy (non-hydrogen) atoms. The summed E-state index contributed by atoms with van der Waals surface area (Å²) in [5.74, 6) is 0.0540. The molecular weight excluding hydrogens is 238 g/mol. The summed E-state index contributed by atoms with van der Waals surface area (Å²) in [5.41, 5.74) is 2.28. The number of hydrogen-bond acceptors (Lipinski definition) is 3. The number of anilines is 2. The van der Waals surface area contributed by atoms with Gasteiger partial charge in [0.05, 0.1) is 28.5 Å². The molecule has 2 N–H and O–H groups in total. The van der Waals surface area contributed by atoms with Crippen molar-refractivity contribution in [1.82, 2.24) is 4.98 Å². The van der Waals surface area contributed by atoms with Gasteiger partial charge in [-0.05, 0) is 19.4 Å². The Balaban J connectivity index is 2.14. The van der Waals surface area contributed by atoms with Gasteiger partial charge in [-0.1, -0.05) is 25.1 Å². The first-order chi connectivity index (χ1) is 9.14. The van der Waals surface area contributed by atoms with Crippen LogP contribution in [0, 0.1) is 5.41 Å². The summed E-state index contributed by atoms with van der Waals surface area (Å²) in [7, 11) is 0. The second kappa shape index (κ2) is 4.23. The van der Waals surface area contributed by atoms with E-state index in [-0.39, 0.29) is 11.3 Å². The first kappa shape index (κ1) is 12.0. The van der Waals surface area contributed by atoms with Crippen molar-refractivity contribution < 1.29 is 4.79 Å². The molecule has 1 atom stereocenters. The summed E-state index contributed by atoms with van der Waals surface area (Å²) in [6.45, 7) is 4.65. The van der Waals surface area contributed by atoms with E-state index in [9.17, 15) is 4.79 Å². The van der Waals surface area contributed by atoms with Crippen molar-refractivity contribution >= 4 is 28.2 Å². The quantitative estimate of drug-likeness (QED) is 0.823. The van der Waals surface area contributed by atoms with Crippen LogP contribution >= 0.6 is 0 Å². The van der Waals surface area contributed by atoms with Crippen molar-refractivity contribution in [3.8, 4) is 0 Å². The van der Waals surface area contributed by atoms with Crippen molar-refractivity contribution in [2.24, 2.45) is 5.41 Å². The highest BCUT2D eigenvalue weighted by Gasteiger charge is 2.34. The van der Waals surface area contributed by atoms with Crippen LogP contribution in [0.4, 0.5) is 11.4 Å². The highest BCUT2D eigenvalue weighted by atomic mass is 16.2. The molecule has 4 heteroatoms. The number of carbonyl (C=O) groups excluding carboxylic acids is 1. The standard InChI is InChI=1S/C15H17N3O/c1-3-15(2)9-17-13-10-6-4-5-7-11(10)16-8-12(13)18-14(15)19/h4-8,17H,3,9H2,1-2H3,(H,18,19). The molecule has 0 aliphatic carbocycles. The number of rotatable bonds is 1. The number of aromatic nitrogens is 1. The highest BCUT2D eigenvalue weighted by molar-refractivity contribution is 6.06. The molecule has 1 amide bonds. The fraction of sp³-hybridized carbons (Fsp3) is 0.333. The van der Waals surface area contributed by atoms with Gasteiger partial charge in [0.15, 0.2) is 0 Å². The van der Waals surface area contributed by atoms with Gasteiger partial charge in [0, 0.05) is 11.9 Å². The molecule has 0 radical (unpaired) electrons. The Morgan fingerprint density at radius 1 is 1.37 bits per heavy atom. The van der Waals surface area contributed by atoms with Crippen LogP contribution in [0.25, 0.3) is 10.9 Å². The molecule has 0 spiro atoms. The monoisotopic (exact) mass is 255 g/mol. The average molecular weight is 255 g/mol.